The molecule has 0 aromatic heterocycles. The van der Waals surface area contributed by atoms with Crippen molar-refractivity contribution in [2.24, 2.45) is 10.9 Å². The SMILES string of the molecule is Cc1cc(Br)cc(C(=O)N(C)CC/C(N)=N/O)c1. The number of oxime groups is 1. The molecule has 0 aliphatic heterocycles. The molecule has 6 heteroatoms. The van der Waals surface area contributed by atoms with E-state index in [-0.39, 0.29) is 11.7 Å². The summed E-state index contributed by atoms with van der Waals surface area (Å²) in [5.74, 6) is 0.0187. The van der Waals surface area contributed by atoms with E-state index in [1.54, 1.807) is 18.0 Å². The number of aryl methyl sites for hydroxylation is 1. The molecule has 0 unspecified atom stereocenters. The van der Waals surface area contributed by atoms with Crippen LogP contribution in [0.5, 0.6) is 0 Å². The second-order valence-electron chi connectivity index (χ2n) is 4.09. The average Bonchev–Trinajstić information content (AvgIpc) is 2.33. The van der Waals surface area contributed by atoms with Gasteiger partial charge < -0.3 is 15.8 Å². The van der Waals surface area contributed by atoms with Gasteiger partial charge in [0.2, 0.25) is 0 Å². The Labute approximate surface area is 114 Å². The van der Waals surface area contributed by atoms with Crippen LogP contribution in [0, 0.1) is 6.92 Å². The number of carbonyl (C=O) groups is 1. The molecule has 0 saturated heterocycles. The minimum absolute atomic E-state index is 0.0925. The van der Waals surface area contributed by atoms with Crippen molar-refractivity contribution in [1.29, 1.82) is 0 Å². The van der Waals surface area contributed by atoms with Crippen LogP contribution in [0.25, 0.3) is 0 Å². The van der Waals surface area contributed by atoms with E-state index in [0.29, 0.717) is 18.5 Å². The first-order valence-corrected chi connectivity index (χ1v) is 6.22. The summed E-state index contributed by atoms with van der Waals surface area (Å²) >= 11 is 3.36. The van der Waals surface area contributed by atoms with Gasteiger partial charge in [-0.1, -0.05) is 21.1 Å². The Balaban J connectivity index is 2.74. The van der Waals surface area contributed by atoms with Crippen molar-refractivity contribution in [3.63, 3.8) is 0 Å². The van der Waals surface area contributed by atoms with Gasteiger partial charge in [-0.25, -0.2) is 0 Å². The van der Waals surface area contributed by atoms with Gasteiger partial charge >= 0.3 is 0 Å². The molecule has 1 rings (SSSR count). The summed E-state index contributed by atoms with van der Waals surface area (Å²) in [5.41, 5.74) is 6.99. The maximum absolute atomic E-state index is 12.1. The highest BCUT2D eigenvalue weighted by Gasteiger charge is 2.12. The molecule has 0 saturated carbocycles. The third-order valence-corrected chi connectivity index (χ3v) is 2.93. The van der Waals surface area contributed by atoms with Crippen LogP contribution < -0.4 is 5.73 Å². The second-order valence-corrected chi connectivity index (χ2v) is 5.00. The molecule has 1 amide bonds. The number of carbonyl (C=O) groups excluding carboxylic acids is 1. The van der Waals surface area contributed by atoms with Crippen LogP contribution in [0.2, 0.25) is 0 Å². The summed E-state index contributed by atoms with van der Waals surface area (Å²) in [5, 5.41) is 11.3. The molecule has 0 aliphatic carbocycles. The highest BCUT2D eigenvalue weighted by Crippen LogP contribution is 2.16. The van der Waals surface area contributed by atoms with Gasteiger partial charge in [-0.15, -0.1) is 0 Å². The van der Waals surface area contributed by atoms with Gasteiger partial charge in [0, 0.05) is 30.0 Å². The van der Waals surface area contributed by atoms with Crippen molar-refractivity contribution in [2.45, 2.75) is 13.3 Å². The van der Waals surface area contributed by atoms with Crippen molar-refractivity contribution in [3.8, 4) is 0 Å². The number of hydrogen-bond acceptors (Lipinski definition) is 3. The lowest BCUT2D eigenvalue weighted by Crippen LogP contribution is -2.30. The molecule has 3 N–H and O–H groups in total. The van der Waals surface area contributed by atoms with E-state index >= 15 is 0 Å². The summed E-state index contributed by atoms with van der Waals surface area (Å²) in [6.07, 6.45) is 0.339. The zero-order chi connectivity index (χ0) is 13.7. The molecular weight excluding hydrogens is 298 g/mol. The third kappa shape index (κ3) is 4.03. The first-order valence-electron chi connectivity index (χ1n) is 5.43. The monoisotopic (exact) mass is 313 g/mol. The number of nitrogens with zero attached hydrogens (tertiary/aromatic N) is 2. The highest BCUT2D eigenvalue weighted by atomic mass is 79.9. The number of amidine groups is 1. The average molecular weight is 314 g/mol. The molecule has 0 heterocycles. The first kappa shape index (κ1) is 14.5. The Morgan fingerprint density at radius 3 is 2.72 bits per heavy atom. The van der Waals surface area contributed by atoms with Gasteiger partial charge in [0.15, 0.2) is 0 Å². The van der Waals surface area contributed by atoms with Crippen LogP contribution >= 0.6 is 15.9 Å². The molecular formula is C12H16BrN3O2. The zero-order valence-corrected chi connectivity index (χ0v) is 11.9. The Bertz CT molecular complexity index is 454. The third-order valence-electron chi connectivity index (χ3n) is 2.47. The fourth-order valence-corrected chi connectivity index (χ4v) is 2.12. The van der Waals surface area contributed by atoms with E-state index in [4.69, 9.17) is 10.9 Å². The number of amides is 1. The minimum atomic E-state index is -0.0925. The Morgan fingerprint density at radius 1 is 1.50 bits per heavy atom. The molecule has 5 nitrogen and oxygen atoms in total. The van der Waals surface area contributed by atoms with Crippen LogP contribution in [0.15, 0.2) is 27.8 Å². The largest absolute Gasteiger partial charge is 0.409 e. The lowest BCUT2D eigenvalue weighted by Gasteiger charge is -2.17. The molecule has 0 bridgehead atoms. The van der Waals surface area contributed by atoms with E-state index in [1.165, 1.54) is 0 Å². The van der Waals surface area contributed by atoms with Crippen LogP contribution in [-0.4, -0.2) is 35.4 Å². The Kier molecular flexibility index (Phi) is 5.15. The predicted molar refractivity (Wildman–Crippen MR) is 73.9 cm³/mol. The summed E-state index contributed by atoms with van der Waals surface area (Å²) < 4.78 is 0.871. The van der Waals surface area contributed by atoms with Gasteiger partial charge in [0.05, 0.1) is 0 Å². The predicted octanol–water partition coefficient (Wildman–Crippen LogP) is 1.97. The van der Waals surface area contributed by atoms with E-state index in [2.05, 4.69) is 21.1 Å². The van der Waals surface area contributed by atoms with Crippen LogP contribution in [0.4, 0.5) is 0 Å². The minimum Gasteiger partial charge on any atom is -0.409 e. The fourth-order valence-electron chi connectivity index (χ4n) is 1.51. The van der Waals surface area contributed by atoms with Gasteiger partial charge in [-0.05, 0) is 30.7 Å². The molecule has 1 aromatic carbocycles. The normalized spacial score (nSPS) is 11.4. The van der Waals surface area contributed by atoms with Crippen molar-refractivity contribution in [2.75, 3.05) is 13.6 Å². The van der Waals surface area contributed by atoms with Crippen LogP contribution in [0.3, 0.4) is 0 Å². The lowest BCUT2D eigenvalue weighted by atomic mass is 10.1. The number of nitrogens with two attached hydrogens (primary N) is 1. The second kappa shape index (κ2) is 6.39. The molecule has 0 fully saturated rings. The first-order chi connectivity index (χ1) is 8.43. The number of halogens is 1. The summed E-state index contributed by atoms with van der Waals surface area (Å²) in [6, 6.07) is 5.54. The fraction of sp³-hybridized carbons (Fsp3) is 0.333. The topological polar surface area (TPSA) is 78.9 Å². The molecule has 18 heavy (non-hydrogen) atoms. The van der Waals surface area contributed by atoms with Crippen molar-refractivity contribution >= 4 is 27.7 Å². The number of benzene rings is 1. The van der Waals surface area contributed by atoms with Crippen molar-refractivity contribution in [3.05, 3.63) is 33.8 Å². The van der Waals surface area contributed by atoms with Crippen molar-refractivity contribution < 1.29 is 10.0 Å². The lowest BCUT2D eigenvalue weighted by molar-refractivity contribution is 0.0798. The number of rotatable bonds is 4. The van der Waals surface area contributed by atoms with Gasteiger partial charge in [-0.3, -0.25) is 4.79 Å². The summed E-state index contributed by atoms with van der Waals surface area (Å²) in [4.78, 5) is 13.7. The van der Waals surface area contributed by atoms with Gasteiger partial charge in [0.25, 0.3) is 5.91 Å². The summed E-state index contributed by atoms with van der Waals surface area (Å²) in [6.45, 7) is 2.33. The molecule has 0 radical (unpaired) electrons. The van der Waals surface area contributed by atoms with E-state index in [1.807, 2.05) is 19.1 Å². The molecule has 0 spiro atoms. The van der Waals surface area contributed by atoms with Crippen LogP contribution in [-0.2, 0) is 0 Å². The maximum Gasteiger partial charge on any atom is 0.253 e. The maximum atomic E-state index is 12.1. The quantitative estimate of drug-likeness (QED) is 0.386. The molecule has 0 aliphatic rings. The van der Waals surface area contributed by atoms with Gasteiger partial charge in [-0.2, -0.15) is 0 Å². The zero-order valence-electron chi connectivity index (χ0n) is 10.4. The smallest absolute Gasteiger partial charge is 0.253 e. The number of hydrogen-bond donors (Lipinski definition) is 2. The Morgan fingerprint density at radius 2 is 2.17 bits per heavy atom. The standard InChI is InChI=1S/C12H16BrN3O2/c1-8-5-9(7-10(13)6-8)12(17)16(2)4-3-11(14)15-18/h5-7,18H,3-4H2,1-2H3,(H2,14,15). The van der Waals surface area contributed by atoms with Gasteiger partial charge in [0.1, 0.15) is 5.84 Å². The molecule has 0 atom stereocenters. The van der Waals surface area contributed by atoms with E-state index in [0.717, 1.165) is 10.0 Å². The van der Waals surface area contributed by atoms with Crippen LogP contribution in [0.1, 0.15) is 22.3 Å². The molecule has 98 valence electrons. The van der Waals surface area contributed by atoms with Crippen molar-refractivity contribution in [1.82, 2.24) is 4.90 Å². The van der Waals surface area contributed by atoms with E-state index in [9.17, 15) is 4.79 Å². The molecule has 1 aromatic rings. The summed E-state index contributed by atoms with van der Waals surface area (Å²) in [7, 11) is 1.68. The van der Waals surface area contributed by atoms with E-state index < -0.39 is 0 Å². The highest BCUT2D eigenvalue weighted by molar-refractivity contribution is 9.10. The Hall–Kier alpha value is -1.56.